The van der Waals surface area contributed by atoms with Gasteiger partial charge in [0.05, 0.1) is 19.2 Å². The van der Waals surface area contributed by atoms with E-state index in [0.717, 1.165) is 30.7 Å². The number of nitrogens with zero attached hydrogens (tertiary/aromatic N) is 1. The second-order valence-corrected chi connectivity index (χ2v) is 4.29. The van der Waals surface area contributed by atoms with Crippen molar-refractivity contribution >= 4 is 5.97 Å². The van der Waals surface area contributed by atoms with E-state index in [9.17, 15) is 4.79 Å². The minimum Gasteiger partial charge on any atom is -0.497 e. The zero-order chi connectivity index (χ0) is 11.6. The molecular formula is C12H15NO3. The highest BCUT2D eigenvalue weighted by Gasteiger charge is 2.41. The normalized spacial score (nSPS) is 17.6. The first kappa shape index (κ1) is 10.9. The highest BCUT2D eigenvalue weighted by molar-refractivity contribution is 5.69. The molecule has 1 heterocycles. The quantitative estimate of drug-likeness (QED) is 0.844. The van der Waals surface area contributed by atoms with Crippen molar-refractivity contribution in [3.63, 3.8) is 0 Å². The number of carboxylic acids is 1. The van der Waals surface area contributed by atoms with Gasteiger partial charge in [-0.1, -0.05) is 6.42 Å². The van der Waals surface area contributed by atoms with E-state index in [1.807, 2.05) is 6.07 Å². The van der Waals surface area contributed by atoms with Gasteiger partial charge in [0.25, 0.3) is 0 Å². The van der Waals surface area contributed by atoms with Crippen LogP contribution in [0.3, 0.4) is 0 Å². The van der Waals surface area contributed by atoms with Crippen LogP contribution < -0.4 is 4.74 Å². The fourth-order valence-corrected chi connectivity index (χ4v) is 2.24. The van der Waals surface area contributed by atoms with Crippen LogP contribution in [0.2, 0.25) is 0 Å². The fourth-order valence-electron chi connectivity index (χ4n) is 2.24. The van der Waals surface area contributed by atoms with Crippen LogP contribution in [0.5, 0.6) is 5.75 Å². The van der Waals surface area contributed by atoms with E-state index in [1.54, 1.807) is 19.4 Å². The molecule has 1 N–H and O–H groups in total. The van der Waals surface area contributed by atoms with Crippen LogP contribution in [0.15, 0.2) is 18.3 Å². The average molecular weight is 221 g/mol. The molecule has 1 aromatic heterocycles. The highest BCUT2D eigenvalue weighted by Crippen LogP contribution is 2.46. The van der Waals surface area contributed by atoms with Crippen molar-refractivity contribution in [1.29, 1.82) is 0 Å². The number of aliphatic carboxylic acids is 1. The molecule has 1 saturated carbocycles. The van der Waals surface area contributed by atoms with Gasteiger partial charge in [0, 0.05) is 17.7 Å². The molecule has 16 heavy (non-hydrogen) atoms. The van der Waals surface area contributed by atoms with Crippen LogP contribution in [0.1, 0.15) is 31.4 Å². The lowest BCUT2D eigenvalue weighted by molar-refractivity contribution is -0.139. The Morgan fingerprint density at radius 2 is 2.38 bits per heavy atom. The molecule has 1 fully saturated rings. The average Bonchev–Trinajstić information content (AvgIpc) is 2.23. The third kappa shape index (κ3) is 1.87. The number of ether oxygens (including phenoxy) is 1. The van der Waals surface area contributed by atoms with Crippen LogP contribution >= 0.6 is 0 Å². The summed E-state index contributed by atoms with van der Waals surface area (Å²) in [4.78, 5) is 15.2. The van der Waals surface area contributed by atoms with E-state index in [-0.39, 0.29) is 11.8 Å². The standard InChI is InChI=1S/C12H15NO3/c1-16-9-3-6-13-10(7-9)12(4-2-5-12)8-11(14)15/h3,6-7H,2,4-5,8H2,1H3,(H,14,15). The van der Waals surface area contributed by atoms with E-state index >= 15 is 0 Å². The molecule has 1 aromatic rings. The SMILES string of the molecule is COc1ccnc(C2(CC(=O)O)CCC2)c1. The lowest BCUT2D eigenvalue weighted by Crippen LogP contribution is -2.37. The molecular weight excluding hydrogens is 206 g/mol. The van der Waals surface area contributed by atoms with Crippen molar-refractivity contribution < 1.29 is 14.6 Å². The number of rotatable bonds is 4. The van der Waals surface area contributed by atoms with Gasteiger partial charge in [-0.3, -0.25) is 9.78 Å². The van der Waals surface area contributed by atoms with Gasteiger partial charge in [-0.05, 0) is 18.9 Å². The van der Waals surface area contributed by atoms with Crippen molar-refractivity contribution in [2.75, 3.05) is 7.11 Å². The summed E-state index contributed by atoms with van der Waals surface area (Å²) in [7, 11) is 1.60. The molecule has 4 nitrogen and oxygen atoms in total. The van der Waals surface area contributed by atoms with Gasteiger partial charge in [0.2, 0.25) is 0 Å². The molecule has 0 atom stereocenters. The Morgan fingerprint density at radius 3 is 2.88 bits per heavy atom. The van der Waals surface area contributed by atoms with E-state index < -0.39 is 5.97 Å². The summed E-state index contributed by atoms with van der Waals surface area (Å²) >= 11 is 0. The van der Waals surface area contributed by atoms with Crippen LogP contribution in [0, 0.1) is 0 Å². The van der Waals surface area contributed by atoms with E-state index in [2.05, 4.69) is 4.98 Å². The lowest BCUT2D eigenvalue weighted by Gasteiger charge is -2.40. The maximum atomic E-state index is 10.9. The summed E-state index contributed by atoms with van der Waals surface area (Å²) in [6.45, 7) is 0. The molecule has 1 aliphatic rings. The van der Waals surface area contributed by atoms with Crippen molar-refractivity contribution in [1.82, 2.24) is 4.98 Å². The van der Waals surface area contributed by atoms with Crippen LogP contribution in [-0.2, 0) is 10.2 Å². The monoisotopic (exact) mass is 221 g/mol. The van der Waals surface area contributed by atoms with Crippen LogP contribution in [-0.4, -0.2) is 23.2 Å². The molecule has 2 rings (SSSR count). The molecule has 0 amide bonds. The maximum absolute atomic E-state index is 10.9. The number of hydrogen-bond acceptors (Lipinski definition) is 3. The Labute approximate surface area is 94.3 Å². The minimum absolute atomic E-state index is 0.160. The zero-order valence-corrected chi connectivity index (χ0v) is 9.27. The van der Waals surface area contributed by atoms with Gasteiger partial charge < -0.3 is 9.84 Å². The number of carbonyl (C=O) groups is 1. The van der Waals surface area contributed by atoms with Crippen molar-refractivity contribution in [2.24, 2.45) is 0 Å². The van der Waals surface area contributed by atoms with E-state index in [4.69, 9.17) is 9.84 Å². The summed E-state index contributed by atoms with van der Waals surface area (Å²) < 4.78 is 5.14. The second-order valence-electron chi connectivity index (χ2n) is 4.29. The largest absolute Gasteiger partial charge is 0.497 e. The van der Waals surface area contributed by atoms with E-state index in [0.29, 0.717) is 0 Å². The number of hydrogen-bond donors (Lipinski definition) is 1. The minimum atomic E-state index is -0.760. The maximum Gasteiger partial charge on any atom is 0.304 e. The van der Waals surface area contributed by atoms with Crippen molar-refractivity contribution in [3.05, 3.63) is 24.0 Å². The molecule has 0 saturated heterocycles. The Balaban J connectivity index is 2.29. The Kier molecular flexibility index (Phi) is 2.81. The topological polar surface area (TPSA) is 59.4 Å². The van der Waals surface area contributed by atoms with Gasteiger partial charge in [0.15, 0.2) is 0 Å². The molecule has 0 spiro atoms. The van der Waals surface area contributed by atoms with Crippen LogP contribution in [0.4, 0.5) is 0 Å². The third-order valence-corrected chi connectivity index (χ3v) is 3.31. The van der Waals surface area contributed by atoms with Crippen LogP contribution in [0.25, 0.3) is 0 Å². The lowest BCUT2D eigenvalue weighted by atomic mass is 9.64. The summed E-state index contributed by atoms with van der Waals surface area (Å²) in [5.41, 5.74) is 0.584. The summed E-state index contributed by atoms with van der Waals surface area (Å²) in [6.07, 6.45) is 4.72. The summed E-state index contributed by atoms with van der Waals surface area (Å²) in [5, 5.41) is 8.94. The van der Waals surface area contributed by atoms with Gasteiger partial charge in [-0.15, -0.1) is 0 Å². The summed E-state index contributed by atoms with van der Waals surface area (Å²) in [6, 6.07) is 3.62. The highest BCUT2D eigenvalue weighted by atomic mass is 16.5. The predicted molar refractivity (Wildman–Crippen MR) is 58.6 cm³/mol. The molecule has 86 valence electrons. The van der Waals surface area contributed by atoms with Gasteiger partial charge in [-0.25, -0.2) is 0 Å². The molecule has 0 aliphatic heterocycles. The second kappa shape index (κ2) is 4.12. The Morgan fingerprint density at radius 1 is 1.62 bits per heavy atom. The Bertz CT molecular complexity index is 399. The van der Waals surface area contributed by atoms with E-state index in [1.165, 1.54) is 0 Å². The van der Waals surface area contributed by atoms with Crippen molar-refractivity contribution in [2.45, 2.75) is 31.1 Å². The molecule has 4 heteroatoms. The molecule has 0 unspecified atom stereocenters. The Hall–Kier alpha value is -1.58. The fraction of sp³-hybridized carbons (Fsp3) is 0.500. The molecule has 1 aliphatic carbocycles. The number of pyridine rings is 1. The zero-order valence-electron chi connectivity index (χ0n) is 9.27. The number of aromatic nitrogens is 1. The van der Waals surface area contributed by atoms with Crippen molar-refractivity contribution in [3.8, 4) is 5.75 Å². The van der Waals surface area contributed by atoms with Gasteiger partial charge in [0.1, 0.15) is 5.75 Å². The molecule has 0 aromatic carbocycles. The number of carboxylic acid groups (broad SMARTS) is 1. The molecule has 0 radical (unpaired) electrons. The molecule has 0 bridgehead atoms. The third-order valence-electron chi connectivity index (χ3n) is 3.31. The first-order valence-electron chi connectivity index (χ1n) is 5.39. The first-order chi connectivity index (χ1) is 7.66. The smallest absolute Gasteiger partial charge is 0.304 e. The predicted octanol–water partition coefficient (Wildman–Crippen LogP) is 1.99. The van der Waals surface area contributed by atoms with Gasteiger partial charge in [-0.2, -0.15) is 0 Å². The first-order valence-corrected chi connectivity index (χ1v) is 5.39. The van der Waals surface area contributed by atoms with Gasteiger partial charge >= 0.3 is 5.97 Å². The number of methoxy groups -OCH3 is 1. The summed E-state index contributed by atoms with van der Waals surface area (Å²) in [5.74, 6) is -0.0222.